The summed E-state index contributed by atoms with van der Waals surface area (Å²) in [6.45, 7) is -3.17. The van der Waals surface area contributed by atoms with E-state index >= 15 is 8.78 Å². The van der Waals surface area contributed by atoms with Crippen LogP contribution in [-0.2, 0) is 35.8 Å². The van der Waals surface area contributed by atoms with Crippen molar-refractivity contribution in [1.82, 2.24) is 19.3 Å². The number of alkyl halides is 4. The van der Waals surface area contributed by atoms with Gasteiger partial charge in [0.05, 0.1) is 20.6 Å². The van der Waals surface area contributed by atoms with Gasteiger partial charge in [0.15, 0.2) is 11.5 Å². The van der Waals surface area contributed by atoms with Crippen molar-refractivity contribution < 1.29 is 59.1 Å². The number of thiophene rings is 1. The van der Waals surface area contributed by atoms with Gasteiger partial charge in [-0.05, 0) is 49.9 Å². The molecule has 0 unspecified atom stereocenters. The highest BCUT2D eigenvalue weighted by atomic mass is 35.5. The molecule has 13 nitrogen and oxygen atoms in total. The molecule has 2 amide bonds. The van der Waals surface area contributed by atoms with E-state index in [1.807, 2.05) is 0 Å². The van der Waals surface area contributed by atoms with E-state index < -0.39 is 73.6 Å². The smallest absolute Gasteiger partial charge is 0.431 e. The van der Waals surface area contributed by atoms with E-state index in [1.165, 1.54) is 6.07 Å². The van der Waals surface area contributed by atoms with Crippen molar-refractivity contribution in [3.63, 3.8) is 0 Å². The van der Waals surface area contributed by atoms with Gasteiger partial charge < -0.3 is 19.1 Å². The fourth-order valence-corrected chi connectivity index (χ4v) is 9.06. The molecule has 21 heteroatoms. The predicted molar refractivity (Wildman–Crippen MR) is 174 cm³/mol. The van der Waals surface area contributed by atoms with Crippen molar-refractivity contribution in [2.45, 2.75) is 68.2 Å². The third kappa shape index (κ3) is 7.75. The van der Waals surface area contributed by atoms with Crippen molar-refractivity contribution in [1.29, 1.82) is 0 Å². The van der Waals surface area contributed by atoms with Crippen LogP contribution in [0.15, 0.2) is 45.8 Å². The molecule has 1 aliphatic carbocycles. The van der Waals surface area contributed by atoms with Gasteiger partial charge in [0.1, 0.15) is 10.9 Å². The van der Waals surface area contributed by atoms with Gasteiger partial charge >= 0.3 is 18.6 Å². The summed E-state index contributed by atoms with van der Waals surface area (Å²) < 4.78 is 112. The topological polar surface area (TPSA) is 143 Å². The number of piperidine rings is 1. The number of rotatable bonds is 13. The van der Waals surface area contributed by atoms with Crippen LogP contribution in [0, 0.1) is 0 Å². The molecule has 1 saturated carbocycles. The first kappa shape index (κ1) is 37.9. The molecule has 6 rings (SSSR count). The molecule has 282 valence electrons. The van der Waals surface area contributed by atoms with Crippen LogP contribution in [0.2, 0.25) is 4.34 Å². The maximum absolute atomic E-state index is 16.2. The number of hydrogen-bond acceptors (Lipinski definition) is 11. The number of amides is 2. The van der Waals surface area contributed by atoms with Crippen LogP contribution in [0.3, 0.4) is 0 Å². The summed E-state index contributed by atoms with van der Waals surface area (Å²) in [5, 5.41) is 3.82. The lowest BCUT2D eigenvalue weighted by atomic mass is 10.1. The van der Waals surface area contributed by atoms with Crippen LogP contribution in [0.1, 0.15) is 37.8 Å². The molecule has 1 atom stereocenters. The highest BCUT2D eigenvalue weighted by Gasteiger charge is 2.60. The summed E-state index contributed by atoms with van der Waals surface area (Å²) in [6.07, 6.45) is 1.73. The van der Waals surface area contributed by atoms with Gasteiger partial charge in [-0.3, -0.25) is 14.5 Å². The molecule has 3 aromatic rings. The first-order valence-corrected chi connectivity index (χ1v) is 18.7. The lowest BCUT2D eigenvalue weighted by Gasteiger charge is -2.40. The highest BCUT2D eigenvalue weighted by molar-refractivity contribution is 7.89. The molecular formula is C31H31ClF5N5O8S2. The number of para-hydroxylation sites is 1. The maximum atomic E-state index is 16.2. The zero-order valence-corrected chi connectivity index (χ0v) is 29.4. The van der Waals surface area contributed by atoms with Gasteiger partial charge in [0.2, 0.25) is 11.8 Å². The quantitative estimate of drug-likeness (QED) is 0.169. The summed E-state index contributed by atoms with van der Waals surface area (Å²) in [5.74, 6) is -5.96. The number of benzene rings is 1. The lowest BCUT2D eigenvalue weighted by molar-refractivity contribution is -0.230. The van der Waals surface area contributed by atoms with E-state index in [4.69, 9.17) is 16.1 Å². The Balaban J connectivity index is 1.48. The summed E-state index contributed by atoms with van der Waals surface area (Å²) in [5.41, 5.74) is -0.729. The van der Waals surface area contributed by atoms with E-state index in [1.54, 1.807) is 12.1 Å². The Hall–Kier alpha value is -3.85. The second-order valence-electron chi connectivity index (χ2n) is 12.3. The van der Waals surface area contributed by atoms with Gasteiger partial charge in [-0.15, -0.1) is 15.6 Å². The average molecular weight is 796 g/mol. The average Bonchev–Trinajstić information content (AvgIpc) is 3.71. The van der Waals surface area contributed by atoms with Crippen molar-refractivity contribution in [3.8, 4) is 16.4 Å². The number of nitrogens with zero attached hydrogens (tertiary/aromatic N) is 5. The molecule has 0 N–H and O–H groups in total. The summed E-state index contributed by atoms with van der Waals surface area (Å²) in [4.78, 5) is 45.6. The molecule has 0 radical (unpaired) electrons. The second kappa shape index (κ2) is 15.2. The first-order valence-electron chi connectivity index (χ1n) is 16.1. The maximum Gasteiger partial charge on any atom is 0.435 e. The Morgan fingerprint density at radius 2 is 1.83 bits per heavy atom. The SMILES string of the molecule is O=C([C@H](Cc1cc(-c2ccc(Cl)s2)on1)N(C(F)(F)C(=O)OF)S(=O)(=O)c1cccc(N2CCCCC2=O)c1OC(F)F)N1CCN(C2CC2)CC1. The Kier molecular flexibility index (Phi) is 11.1. The number of halogens is 6. The van der Waals surface area contributed by atoms with Crippen molar-refractivity contribution in [2.75, 3.05) is 37.6 Å². The Bertz CT molecular complexity index is 1920. The molecular weight excluding hydrogens is 765 g/mol. The van der Waals surface area contributed by atoms with E-state index in [0.29, 0.717) is 47.3 Å². The van der Waals surface area contributed by atoms with Crippen LogP contribution < -0.4 is 9.64 Å². The van der Waals surface area contributed by atoms with Gasteiger partial charge in [0.25, 0.3) is 10.0 Å². The van der Waals surface area contributed by atoms with Crippen molar-refractivity contribution >= 4 is 56.4 Å². The third-order valence-electron chi connectivity index (χ3n) is 8.94. The Morgan fingerprint density at radius 3 is 2.44 bits per heavy atom. The minimum atomic E-state index is -6.04. The highest BCUT2D eigenvalue weighted by Crippen LogP contribution is 2.43. The van der Waals surface area contributed by atoms with Crippen LogP contribution in [0.4, 0.5) is 27.8 Å². The van der Waals surface area contributed by atoms with Crippen molar-refractivity contribution in [3.05, 3.63) is 46.4 Å². The molecule has 0 bridgehead atoms. The molecule has 4 heterocycles. The Morgan fingerprint density at radius 1 is 1.10 bits per heavy atom. The minimum absolute atomic E-state index is 0.0249. The summed E-state index contributed by atoms with van der Waals surface area (Å²) >= 11 is 7.08. The fourth-order valence-electron chi connectivity index (χ4n) is 6.34. The zero-order chi connectivity index (χ0) is 37.4. The zero-order valence-electron chi connectivity index (χ0n) is 27.1. The standard InChI is InChI=1S/C31H31ClF5N5O8S2/c32-25-10-9-23(51-25)22-17-18(38-50-22)16-21(28(44)40-14-12-39(13-15-40)19-7-8-19)42(31(35,36)29(45)49-37)52(46,47)24-5-3-4-20(27(24)48-30(33)34)41-11-2-1-6-26(41)43/h3-5,9-10,17,19,21,30H,1-2,6-8,11-16H2/t21-/m0/s1. The number of ether oxygens (including phenoxy) is 1. The van der Waals surface area contributed by atoms with Crippen LogP contribution in [0.5, 0.6) is 5.75 Å². The van der Waals surface area contributed by atoms with Gasteiger partial charge in [-0.1, -0.05) is 22.8 Å². The molecule has 3 fully saturated rings. The van der Waals surface area contributed by atoms with Crippen LogP contribution in [0.25, 0.3) is 10.6 Å². The minimum Gasteiger partial charge on any atom is -0.431 e. The number of piperazine rings is 1. The monoisotopic (exact) mass is 795 g/mol. The van der Waals surface area contributed by atoms with Gasteiger partial charge in [-0.2, -0.15) is 17.6 Å². The van der Waals surface area contributed by atoms with E-state index in [2.05, 4.69) is 19.7 Å². The summed E-state index contributed by atoms with van der Waals surface area (Å²) in [6, 6.07) is -0.708. The molecule has 3 aliphatic rings. The van der Waals surface area contributed by atoms with Gasteiger partial charge in [-0.25, -0.2) is 18.2 Å². The number of carbonyl (C=O) groups is 3. The molecule has 2 aliphatic heterocycles. The molecule has 1 aromatic carbocycles. The van der Waals surface area contributed by atoms with Gasteiger partial charge in [0, 0.05) is 62.2 Å². The fraction of sp³-hybridized carbons (Fsp3) is 0.484. The van der Waals surface area contributed by atoms with Crippen LogP contribution in [-0.4, -0.2) is 103 Å². The summed E-state index contributed by atoms with van der Waals surface area (Å²) in [7, 11) is -6.04. The number of carbonyl (C=O) groups excluding carboxylic acids is 3. The molecule has 2 aromatic heterocycles. The third-order valence-corrected chi connectivity index (χ3v) is 12.1. The first-order chi connectivity index (χ1) is 24.7. The number of hydrogen-bond donors (Lipinski definition) is 0. The molecule has 52 heavy (non-hydrogen) atoms. The predicted octanol–water partition coefficient (Wildman–Crippen LogP) is 5.10. The normalized spacial score (nSPS) is 18.3. The van der Waals surface area contributed by atoms with E-state index in [0.717, 1.165) is 46.1 Å². The van der Waals surface area contributed by atoms with E-state index in [9.17, 15) is 36.1 Å². The molecule has 0 spiro atoms. The second-order valence-corrected chi connectivity index (χ2v) is 15.8. The number of aromatic nitrogens is 1. The lowest BCUT2D eigenvalue weighted by Crippen LogP contribution is -2.62. The van der Waals surface area contributed by atoms with E-state index in [-0.39, 0.29) is 37.5 Å². The largest absolute Gasteiger partial charge is 0.435 e. The number of sulfonamides is 1. The van der Waals surface area contributed by atoms with Crippen molar-refractivity contribution in [2.24, 2.45) is 0 Å². The van der Waals surface area contributed by atoms with Crippen LogP contribution >= 0.6 is 22.9 Å². The number of anilines is 1. The Labute approximate surface area is 302 Å². The molecule has 2 saturated heterocycles.